The van der Waals surface area contributed by atoms with E-state index in [9.17, 15) is 9.59 Å². The van der Waals surface area contributed by atoms with Gasteiger partial charge in [0.25, 0.3) is 0 Å². The number of amides is 2. The van der Waals surface area contributed by atoms with E-state index < -0.39 is 0 Å². The number of carbonyl (C=O) groups excluding carboxylic acids is 2. The number of rotatable bonds is 6. The fourth-order valence-electron chi connectivity index (χ4n) is 1.92. The maximum Gasteiger partial charge on any atom is 0.228 e. The highest BCUT2D eigenvalue weighted by Crippen LogP contribution is 2.24. The smallest absolute Gasteiger partial charge is 0.228 e. The molecule has 0 aliphatic rings. The van der Waals surface area contributed by atoms with Crippen molar-refractivity contribution >= 4 is 39.6 Å². The number of nitrogens with zero attached hydrogens (tertiary/aromatic N) is 1. The highest BCUT2D eigenvalue weighted by Gasteiger charge is 2.19. The lowest BCUT2D eigenvalue weighted by molar-refractivity contribution is -0.120. The number of thiazole rings is 1. The summed E-state index contributed by atoms with van der Waals surface area (Å²) in [5.74, 6) is 0.0273. The Morgan fingerprint density at radius 2 is 2.09 bits per heavy atom. The van der Waals surface area contributed by atoms with Crippen LogP contribution in [0.2, 0.25) is 0 Å². The highest BCUT2D eigenvalue weighted by atomic mass is 32.1. The molecule has 0 saturated heterocycles. The summed E-state index contributed by atoms with van der Waals surface area (Å²) < 4.78 is 0. The Morgan fingerprint density at radius 1 is 1.32 bits per heavy atom. The number of nitrogens with one attached hydrogen (secondary N) is 2. The van der Waals surface area contributed by atoms with Gasteiger partial charge in [-0.2, -0.15) is 0 Å². The van der Waals surface area contributed by atoms with E-state index in [0.29, 0.717) is 11.0 Å². The van der Waals surface area contributed by atoms with Gasteiger partial charge in [0.15, 0.2) is 5.13 Å². The largest absolute Gasteiger partial charge is 0.348 e. The van der Waals surface area contributed by atoms with Gasteiger partial charge in [-0.15, -0.1) is 22.7 Å². The van der Waals surface area contributed by atoms with Crippen molar-refractivity contribution in [3.8, 4) is 0 Å². The standard InChI is InChI=1S/C15H19N3O2S2/c1-9(2)12-8-22-15(17-12)18-14(20)7-11(16-10(3)19)13-5-4-6-21-13/h4-6,8-9,11H,7H2,1-3H3,(H,16,19)(H,17,18,20)/t11-/m0/s1. The molecule has 2 aromatic rings. The van der Waals surface area contributed by atoms with Crippen LogP contribution < -0.4 is 10.6 Å². The second kappa shape index (κ2) is 7.51. The minimum atomic E-state index is -0.304. The van der Waals surface area contributed by atoms with Gasteiger partial charge in [0.2, 0.25) is 11.8 Å². The maximum absolute atomic E-state index is 12.2. The van der Waals surface area contributed by atoms with Crippen LogP contribution in [0.15, 0.2) is 22.9 Å². The Hall–Kier alpha value is -1.73. The van der Waals surface area contributed by atoms with E-state index in [1.165, 1.54) is 29.6 Å². The minimum Gasteiger partial charge on any atom is -0.348 e. The number of carbonyl (C=O) groups is 2. The Bertz CT molecular complexity index is 635. The third kappa shape index (κ3) is 4.64. The van der Waals surface area contributed by atoms with Gasteiger partial charge in [0.05, 0.1) is 18.2 Å². The molecule has 2 rings (SSSR count). The zero-order chi connectivity index (χ0) is 16.1. The SMILES string of the molecule is CC(=O)N[C@@H](CC(=O)Nc1nc(C(C)C)cs1)c1cccs1. The normalized spacial score (nSPS) is 12.2. The van der Waals surface area contributed by atoms with Crippen LogP contribution >= 0.6 is 22.7 Å². The molecule has 2 heterocycles. The molecule has 0 aliphatic carbocycles. The molecule has 0 radical (unpaired) electrons. The summed E-state index contributed by atoms with van der Waals surface area (Å²) in [6.45, 7) is 5.57. The first kappa shape index (κ1) is 16.6. The van der Waals surface area contributed by atoms with Crippen molar-refractivity contribution in [1.82, 2.24) is 10.3 Å². The first-order valence-corrected chi connectivity index (χ1v) is 8.77. The van der Waals surface area contributed by atoms with Crippen LogP contribution in [0.1, 0.15) is 49.7 Å². The van der Waals surface area contributed by atoms with Crippen LogP contribution in [0.5, 0.6) is 0 Å². The summed E-state index contributed by atoms with van der Waals surface area (Å²) in [4.78, 5) is 28.9. The van der Waals surface area contributed by atoms with E-state index in [-0.39, 0.29) is 24.3 Å². The maximum atomic E-state index is 12.2. The fraction of sp³-hybridized carbons (Fsp3) is 0.400. The second-order valence-corrected chi connectivity index (χ2v) is 7.09. The summed E-state index contributed by atoms with van der Waals surface area (Å²) >= 11 is 2.94. The summed E-state index contributed by atoms with van der Waals surface area (Å²) in [6, 6.07) is 3.52. The van der Waals surface area contributed by atoms with Crippen molar-refractivity contribution in [2.75, 3.05) is 5.32 Å². The molecule has 7 heteroatoms. The van der Waals surface area contributed by atoms with E-state index in [1.807, 2.05) is 22.9 Å². The van der Waals surface area contributed by atoms with Gasteiger partial charge in [-0.3, -0.25) is 9.59 Å². The topological polar surface area (TPSA) is 71.1 Å². The average molecular weight is 337 g/mol. The first-order valence-electron chi connectivity index (χ1n) is 7.01. The monoisotopic (exact) mass is 337 g/mol. The summed E-state index contributed by atoms with van der Waals surface area (Å²) in [6.07, 6.45) is 0.191. The highest BCUT2D eigenvalue weighted by molar-refractivity contribution is 7.14. The van der Waals surface area contributed by atoms with Crippen LogP contribution in [-0.4, -0.2) is 16.8 Å². The molecule has 1 atom stereocenters. The van der Waals surface area contributed by atoms with Crippen molar-refractivity contribution < 1.29 is 9.59 Å². The molecule has 2 aromatic heterocycles. The fourth-order valence-corrected chi connectivity index (χ4v) is 3.59. The van der Waals surface area contributed by atoms with Gasteiger partial charge in [-0.1, -0.05) is 19.9 Å². The van der Waals surface area contributed by atoms with Gasteiger partial charge in [0, 0.05) is 17.2 Å². The van der Waals surface area contributed by atoms with E-state index in [0.717, 1.165) is 10.6 Å². The van der Waals surface area contributed by atoms with Crippen LogP contribution in [0, 0.1) is 0 Å². The molecule has 118 valence electrons. The molecule has 0 aliphatic heterocycles. The van der Waals surface area contributed by atoms with Crippen LogP contribution in [0.3, 0.4) is 0 Å². The average Bonchev–Trinajstić information content (AvgIpc) is 3.08. The van der Waals surface area contributed by atoms with E-state index in [2.05, 4.69) is 29.5 Å². The third-order valence-corrected chi connectivity index (χ3v) is 4.78. The molecule has 2 amide bonds. The Kier molecular flexibility index (Phi) is 5.68. The van der Waals surface area contributed by atoms with Gasteiger partial charge < -0.3 is 10.6 Å². The second-order valence-electron chi connectivity index (χ2n) is 5.25. The van der Waals surface area contributed by atoms with Crippen molar-refractivity contribution in [2.45, 2.75) is 39.2 Å². The van der Waals surface area contributed by atoms with E-state index in [1.54, 1.807) is 0 Å². The Balaban J connectivity index is 1.99. The minimum absolute atomic E-state index is 0.150. The van der Waals surface area contributed by atoms with Crippen LogP contribution in [0.25, 0.3) is 0 Å². The molecule has 2 N–H and O–H groups in total. The van der Waals surface area contributed by atoms with Crippen molar-refractivity contribution in [1.29, 1.82) is 0 Å². The summed E-state index contributed by atoms with van der Waals surface area (Å²) in [7, 11) is 0. The summed E-state index contributed by atoms with van der Waals surface area (Å²) in [5.41, 5.74) is 0.969. The molecule has 0 fully saturated rings. The lowest BCUT2D eigenvalue weighted by Crippen LogP contribution is -2.29. The number of anilines is 1. The van der Waals surface area contributed by atoms with Gasteiger partial charge in [-0.25, -0.2) is 4.98 Å². The van der Waals surface area contributed by atoms with Crippen LogP contribution in [-0.2, 0) is 9.59 Å². The Morgan fingerprint density at radius 3 is 2.64 bits per heavy atom. The molecular weight excluding hydrogens is 318 g/mol. The van der Waals surface area contributed by atoms with Crippen LogP contribution in [0.4, 0.5) is 5.13 Å². The first-order chi connectivity index (χ1) is 10.5. The molecule has 22 heavy (non-hydrogen) atoms. The molecule has 0 unspecified atom stereocenters. The lowest BCUT2D eigenvalue weighted by atomic mass is 10.1. The van der Waals surface area contributed by atoms with E-state index in [4.69, 9.17) is 0 Å². The predicted molar refractivity (Wildman–Crippen MR) is 90.3 cm³/mol. The summed E-state index contributed by atoms with van der Waals surface area (Å²) in [5, 5.41) is 10.1. The van der Waals surface area contributed by atoms with Crippen molar-refractivity contribution in [3.05, 3.63) is 33.5 Å². The third-order valence-electron chi connectivity index (χ3n) is 3.01. The number of hydrogen-bond acceptors (Lipinski definition) is 5. The van der Waals surface area contributed by atoms with Crippen molar-refractivity contribution in [2.24, 2.45) is 0 Å². The number of hydrogen-bond donors (Lipinski definition) is 2. The quantitative estimate of drug-likeness (QED) is 0.847. The van der Waals surface area contributed by atoms with Crippen molar-refractivity contribution in [3.63, 3.8) is 0 Å². The molecule has 0 aromatic carbocycles. The zero-order valence-corrected chi connectivity index (χ0v) is 14.4. The van der Waals surface area contributed by atoms with E-state index >= 15 is 0 Å². The number of aromatic nitrogens is 1. The molecular formula is C15H19N3O2S2. The molecule has 0 spiro atoms. The van der Waals surface area contributed by atoms with Gasteiger partial charge >= 0.3 is 0 Å². The number of thiophene rings is 1. The molecule has 5 nitrogen and oxygen atoms in total. The molecule has 0 saturated carbocycles. The molecule has 0 bridgehead atoms. The zero-order valence-electron chi connectivity index (χ0n) is 12.8. The Labute approximate surface area is 137 Å². The van der Waals surface area contributed by atoms with Gasteiger partial charge in [-0.05, 0) is 17.4 Å². The predicted octanol–water partition coefficient (Wildman–Crippen LogP) is 3.53. The lowest BCUT2D eigenvalue weighted by Gasteiger charge is -2.15. The van der Waals surface area contributed by atoms with Gasteiger partial charge in [0.1, 0.15) is 0 Å².